The number of hydrogen-bond acceptors (Lipinski definition) is 5. The van der Waals surface area contributed by atoms with Gasteiger partial charge < -0.3 is 4.42 Å². The van der Waals surface area contributed by atoms with Crippen molar-refractivity contribution >= 4 is 64.2 Å². The Hall–Kier alpha value is -7.73. The summed E-state index contributed by atoms with van der Waals surface area (Å²) in [5.74, 6) is 1.80. The Morgan fingerprint density at radius 3 is 1.58 bits per heavy atom. The zero-order valence-electron chi connectivity index (χ0n) is 32.2. The first-order valence-electron chi connectivity index (χ1n) is 20.1. The van der Waals surface area contributed by atoms with Crippen LogP contribution >= 0.6 is 11.3 Å². The number of hydrogen-bond donors (Lipinski definition) is 0. The van der Waals surface area contributed by atoms with Crippen molar-refractivity contribution < 1.29 is 4.42 Å². The number of fused-ring (bicyclic) bond motifs is 7. The number of thiophene rings is 1. The minimum absolute atomic E-state index is 0.586. The molecule has 0 atom stereocenters. The van der Waals surface area contributed by atoms with Gasteiger partial charge in [-0.3, -0.25) is 0 Å². The second-order valence-corrected chi connectivity index (χ2v) is 16.2. The van der Waals surface area contributed by atoms with E-state index in [2.05, 4.69) is 170 Å². The minimum atomic E-state index is 0.586. The first-order chi connectivity index (χ1) is 29.7. The Bertz CT molecular complexity index is 3610. The topological polar surface area (TPSA) is 51.8 Å². The normalized spacial score (nSPS) is 11.7. The molecule has 0 N–H and O–H groups in total. The number of aromatic nitrogens is 3. The highest BCUT2D eigenvalue weighted by Gasteiger charge is 2.18. The third-order valence-corrected chi connectivity index (χ3v) is 12.8. The van der Waals surface area contributed by atoms with Crippen LogP contribution in [-0.4, -0.2) is 15.0 Å². The van der Waals surface area contributed by atoms with Crippen molar-refractivity contribution in [2.45, 2.75) is 0 Å². The highest BCUT2D eigenvalue weighted by Crippen LogP contribution is 2.45. The van der Waals surface area contributed by atoms with Crippen molar-refractivity contribution in [3.05, 3.63) is 200 Å². The van der Waals surface area contributed by atoms with Crippen LogP contribution in [0.1, 0.15) is 0 Å². The number of furan rings is 1. The van der Waals surface area contributed by atoms with Gasteiger partial charge in [0.15, 0.2) is 17.5 Å². The molecule has 3 heterocycles. The van der Waals surface area contributed by atoms with Gasteiger partial charge in [-0.25, -0.2) is 15.0 Å². The monoisotopic (exact) mass is 783 g/mol. The molecule has 12 rings (SSSR count). The molecular formula is C55H33N3OS. The van der Waals surface area contributed by atoms with Crippen LogP contribution in [0.2, 0.25) is 0 Å². The smallest absolute Gasteiger partial charge is 0.164 e. The summed E-state index contributed by atoms with van der Waals surface area (Å²) < 4.78 is 8.90. The van der Waals surface area contributed by atoms with E-state index in [1.807, 2.05) is 41.7 Å². The Morgan fingerprint density at radius 1 is 0.300 bits per heavy atom. The first kappa shape index (κ1) is 34.3. The predicted molar refractivity (Wildman–Crippen MR) is 250 cm³/mol. The van der Waals surface area contributed by atoms with Crippen molar-refractivity contribution in [2.75, 3.05) is 0 Å². The molecule has 0 saturated carbocycles. The van der Waals surface area contributed by atoms with Crippen molar-refractivity contribution in [1.29, 1.82) is 0 Å². The third-order valence-electron chi connectivity index (χ3n) is 11.5. The summed E-state index contributed by atoms with van der Waals surface area (Å²) in [4.78, 5) is 15.5. The van der Waals surface area contributed by atoms with Gasteiger partial charge in [0.1, 0.15) is 11.2 Å². The molecule has 4 nitrogen and oxygen atoms in total. The molecule has 0 aliphatic carbocycles. The molecule has 12 aromatic rings. The van der Waals surface area contributed by atoms with Crippen molar-refractivity contribution in [3.8, 4) is 67.5 Å². The number of nitrogens with zero attached hydrogens (tertiary/aromatic N) is 3. The van der Waals surface area contributed by atoms with Crippen LogP contribution in [0.4, 0.5) is 0 Å². The number of rotatable bonds is 6. The Labute approximate surface area is 349 Å². The molecule has 5 heteroatoms. The molecule has 0 aliphatic rings. The lowest BCUT2D eigenvalue weighted by atomic mass is 9.95. The molecule has 0 bridgehead atoms. The Kier molecular flexibility index (Phi) is 8.00. The van der Waals surface area contributed by atoms with E-state index in [9.17, 15) is 0 Å². The van der Waals surface area contributed by atoms with Gasteiger partial charge in [-0.15, -0.1) is 11.3 Å². The quantitative estimate of drug-likeness (QED) is 0.169. The summed E-state index contributed by atoms with van der Waals surface area (Å²) in [5.41, 5.74) is 11.5. The van der Waals surface area contributed by atoms with Crippen LogP contribution in [0.25, 0.3) is 120 Å². The van der Waals surface area contributed by atoms with Gasteiger partial charge >= 0.3 is 0 Å². The molecule has 0 radical (unpaired) electrons. The van der Waals surface area contributed by atoms with Gasteiger partial charge in [-0.05, 0) is 68.9 Å². The fourth-order valence-electron chi connectivity index (χ4n) is 8.63. The van der Waals surface area contributed by atoms with Gasteiger partial charge in [-0.1, -0.05) is 170 Å². The fourth-order valence-corrected chi connectivity index (χ4v) is 10.00. The van der Waals surface area contributed by atoms with Crippen LogP contribution in [0.3, 0.4) is 0 Å². The highest BCUT2D eigenvalue weighted by atomic mass is 32.1. The average molecular weight is 784 g/mol. The van der Waals surface area contributed by atoms with Gasteiger partial charge in [0.2, 0.25) is 0 Å². The SMILES string of the molecule is c1ccc(-c2cccc(-c3nc(-c4ccc5c(-c6cccc7c6sc6c(-c8ccccc8)cccc67)cccc5c4)nc(-c4ccc5c(c4)oc4ccccc45)n3)c2)cc1. The molecule has 0 fully saturated rings. The Balaban J connectivity index is 1.00. The molecule has 280 valence electrons. The van der Waals surface area contributed by atoms with Gasteiger partial charge in [0.25, 0.3) is 0 Å². The van der Waals surface area contributed by atoms with Crippen LogP contribution < -0.4 is 0 Å². The Morgan fingerprint density at radius 2 is 0.817 bits per heavy atom. The predicted octanol–water partition coefficient (Wildman–Crippen LogP) is 15.3. The van der Waals surface area contributed by atoms with Crippen LogP contribution in [-0.2, 0) is 0 Å². The summed E-state index contributed by atoms with van der Waals surface area (Å²) >= 11 is 1.88. The molecule has 9 aromatic carbocycles. The standard InChI is InChI=1S/C55H33N3OS/c1-3-13-34(14-4-1)36-17-9-19-38(31-36)53-56-54(58-55(57-53)40-28-30-45-44-20-7-8-26-49(44)59-50(45)33-40)39-27-29-41-37(32-39)18-10-22-43(41)46-23-12-25-48-47-24-11-21-42(51(47)60-52(46)48)35-15-5-2-6-16-35/h1-33H. The lowest BCUT2D eigenvalue weighted by Gasteiger charge is -2.12. The molecule has 0 saturated heterocycles. The number of para-hydroxylation sites is 1. The lowest BCUT2D eigenvalue weighted by molar-refractivity contribution is 0.669. The van der Waals surface area contributed by atoms with Gasteiger partial charge in [-0.2, -0.15) is 0 Å². The summed E-state index contributed by atoms with van der Waals surface area (Å²) in [6.45, 7) is 0. The van der Waals surface area contributed by atoms with E-state index < -0.39 is 0 Å². The number of benzene rings is 9. The van der Waals surface area contributed by atoms with E-state index >= 15 is 0 Å². The average Bonchev–Trinajstić information content (AvgIpc) is 3.90. The molecule has 3 aromatic heterocycles. The zero-order valence-corrected chi connectivity index (χ0v) is 33.0. The van der Waals surface area contributed by atoms with Gasteiger partial charge in [0.05, 0.1) is 0 Å². The lowest BCUT2D eigenvalue weighted by Crippen LogP contribution is -2.00. The van der Waals surface area contributed by atoms with Crippen molar-refractivity contribution in [1.82, 2.24) is 15.0 Å². The summed E-state index contributed by atoms with van der Waals surface area (Å²) in [5, 5.41) is 7.01. The fraction of sp³-hybridized carbons (Fsp3) is 0. The first-order valence-corrected chi connectivity index (χ1v) is 20.9. The van der Waals surface area contributed by atoms with E-state index in [1.165, 1.54) is 47.8 Å². The maximum Gasteiger partial charge on any atom is 0.164 e. The summed E-state index contributed by atoms with van der Waals surface area (Å²) in [7, 11) is 0. The largest absolute Gasteiger partial charge is 0.456 e. The van der Waals surface area contributed by atoms with E-state index in [-0.39, 0.29) is 0 Å². The third kappa shape index (κ3) is 5.78. The second kappa shape index (κ2) is 14.0. The van der Waals surface area contributed by atoms with E-state index in [4.69, 9.17) is 19.4 Å². The highest BCUT2D eigenvalue weighted by molar-refractivity contribution is 7.26. The summed E-state index contributed by atoms with van der Waals surface area (Å²) in [6, 6.07) is 70.4. The maximum absolute atomic E-state index is 6.30. The van der Waals surface area contributed by atoms with Crippen molar-refractivity contribution in [3.63, 3.8) is 0 Å². The van der Waals surface area contributed by atoms with Crippen LogP contribution in [0.15, 0.2) is 205 Å². The molecule has 0 unspecified atom stereocenters. The van der Waals surface area contributed by atoms with E-state index in [0.29, 0.717) is 17.5 Å². The van der Waals surface area contributed by atoms with Crippen LogP contribution in [0, 0.1) is 0 Å². The molecule has 0 spiro atoms. The minimum Gasteiger partial charge on any atom is -0.456 e. The molecule has 0 amide bonds. The summed E-state index contributed by atoms with van der Waals surface area (Å²) in [6.07, 6.45) is 0. The van der Waals surface area contributed by atoms with Gasteiger partial charge in [0, 0.05) is 53.2 Å². The van der Waals surface area contributed by atoms with E-state index in [0.717, 1.165) is 55.1 Å². The zero-order chi connectivity index (χ0) is 39.6. The van der Waals surface area contributed by atoms with Crippen molar-refractivity contribution in [2.24, 2.45) is 0 Å². The maximum atomic E-state index is 6.30. The van der Waals surface area contributed by atoms with Crippen LogP contribution in [0.5, 0.6) is 0 Å². The second-order valence-electron chi connectivity index (χ2n) is 15.1. The molecule has 0 aliphatic heterocycles. The molecular weight excluding hydrogens is 751 g/mol. The molecule has 60 heavy (non-hydrogen) atoms. The van der Waals surface area contributed by atoms with E-state index in [1.54, 1.807) is 0 Å².